The van der Waals surface area contributed by atoms with E-state index in [0.717, 1.165) is 29.3 Å². The number of hydrogen-bond acceptors (Lipinski definition) is 3. The Balaban J connectivity index is 2.68. The summed E-state index contributed by atoms with van der Waals surface area (Å²) in [6.45, 7) is 3.70. The van der Waals surface area contributed by atoms with E-state index in [1.165, 1.54) is 0 Å². The molecule has 1 unspecified atom stereocenters. The van der Waals surface area contributed by atoms with Crippen molar-refractivity contribution in [2.75, 3.05) is 20.7 Å². The summed E-state index contributed by atoms with van der Waals surface area (Å²) >= 11 is 6.20. The third-order valence-corrected chi connectivity index (χ3v) is 3.37. The molecule has 0 fully saturated rings. The second kappa shape index (κ2) is 6.84. The van der Waals surface area contributed by atoms with Crippen molar-refractivity contribution in [1.82, 2.24) is 4.90 Å². The Labute approximate surface area is 109 Å². The van der Waals surface area contributed by atoms with Gasteiger partial charge in [-0.15, -0.1) is 0 Å². The van der Waals surface area contributed by atoms with Crippen LogP contribution in [0.2, 0.25) is 5.02 Å². The van der Waals surface area contributed by atoms with E-state index in [4.69, 9.17) is 22.1 Å². The van der Waals surface area contributed by atoms with Gasteiger partial charge in [-0.2, -0.15) is 0 Å². The quantitative estimate of drug-likeness (QED) is 0.850. The van der Waals surface area contributed by atoms with Crippen LogP contribution in [0, 0.1) is 0 Å². The van der Waals surface area contributed by atoms with E-state index in [1.54, 1.807) is 7.11 Å². The fourth-order valence-electron chi connectivity index (χ4n) is 1.67. The van der Waals surface area contributed by atoms with Crippen molar-refractivity contribution in [1.29, 1.82) is 0 Å². The van der Waals surface area contributed by atoms with Gasteiger partial charge in [-0.3, -0.25) is 4.90 Å². The van der Waals surface area contributed by atoms with E-state index in [9.17, 15) is 0 Å². The van der Waals surface area contributed by atoms with E-state index in [0.29, 0.717) is 12.6 Å². The minimum Gasteiger partial charge on any atom is -0.497 e. The molecule has 0 aliphatic rings. The maximum Gasteiger partial charge on any atom is 0.120 e. The lowest BCUT2D eigenvalue weighted by Gasteiger charge is -2.24. The summed E-state index contributed by atoms with van der Waals surface area (Å²) in [4.78, 5) is 2.25. The van der Waals surface area contributed by atoms with Gasteiger partial charge in [0, 0.05) is 17.6 Å². The van der Waals surface area contributed by atoms with Crippen molar-refractivity contribution < 1.29 is 4.74 Å². The topological polar surface area (TPSA) is 38.5 Å². The first kappa shape index (κ1) is 14.3. The SMILES string of the molecule is COc1ccc(CN(C)C(C)CCN)c(Cl)c1. The van der Waals surface area contributed by atoms with Gasteiger partial charge < -0.3 is 10.5 Å². The number of halogens is 1. The molecule has 0 saturated carbocycles. The third-order valence-electron chi connectivity index (χ3n) is 3.02. The summed E-state index contributed by atoms with van der Waals surface area (Å²) in [5.41, 5.74) is 6.67. The number of hydrogen-bond donors (Lipinski definition) is 1. The molecule has 0 aliphatic carbocycles. The molecule has 0 bridgehead atoms. The first-order chi connectivity index (χ1) is 8.08. The van der Waals surface area contributed by atoms with E-state index in [-0.39, 0.29) is 0 Å². The van der Waals surface area contributed by atoms with Gasteiger partial charge in [0.1, 0.15) is 5.75 Å². The highest BCUT2D eigenvalue weighted by Gasteiger charge is 2.11. The average molecular weight is 257 g/mol. The van der Waals surface area contributed by atoms with Gasteiger partial charge in [-0.05, 0) is 44.6 Å². The minimum absolute atomic E-state index is 0.457. The minimum atomic E-state index is 0.457. The Hall–Kier alpha value is -0.770. The molecule has 0 saturated heterocycles. The summed E-state index contributed by atoms with van der Waals surface area (Å²) in [5, 5.41) is 0.746. The Bertz CT molecular complexity index is 357. The summed E-state index contributed by atoms with van der Waals surface area (Å²) in [7, 11) is 3.72. The molecule has 1 aromatic carbocycles. The summed E-state index contributed by atoms with van der Waals surface area (Å²) in [6.07, 6.45) is 0.990. The smallest absolute Gasteiger partial charge is 0.120 e. The molecule has 0 aromatic heterocycles. The van der Waals surface area contributed by atoms with E-state index in [1.807, 2.05) is 18.2 Å². The van der Waals surface area contributed by atoms with Crippen molar-refractivity contribution in [3.8, 4) is 5.75 Å². The second-order valence-corrected chi connectivity index (χ2v) is 4.71. The Morgan fingerprint density at radius 3 is 2.71 bits per heavy atom. The van der Waals surface area contributed by atoms with Crippen LogP contribution in [0.15, 0.2) is 18.2 Å². The molecule has 1 rings (SSSR count). The third kappa shape index (κ3) is 4.19. The van der Waals surface area contributed by atoms with Crippen LogP contribution >= 0.6 is 11.6 Å². The van der Waals surface area contributed by atoms with E-state index < -0.39 is 0 Å². The number of methoxy groups -OCH3 is 1. The molecule has 0 heterocycles. The molecule has 1 atom stereocenters. The molecule has 2 N–H and O–H groups in total. The van der Waals surface area contributed by atoms with Crippen LogP contribution in [-0.4, -0.2) is 31.6 Å². The largest absolute Gasteiger partial charge is 0.497 e. The molecule has 1 aromatic rings. The molecule has 96 valence electrons. The molecular weight excluding hydrogens is 236 g/mol. The first-order valence-electron chi connectivity index (χ1n) is 5.81. The van der Waals surface area contributed by atoms with Crippen molar-refractivity contribution in [3.63, 3.8) is 0 Å². The number of ether oxygens (including phenoxy) is 1. The molecule has 17 heavy (non-hydrogen) atoms. The van der Waals surface area contributed by atoms with Crippen molar-refractivity contribution in [2.24, 2.45) is 5.73 Å². The molecule has 0 spiro atoms. The van der Waals surface area contributed by atoms with Crippen LogP contribution in [0.5, 0.6) is 5.75 Å². The van der Waals surface area contributed by atoms with Gasteiger partial charge in [0.25, 0.3) is 0 Å². The number of benzene rings is 1. The van der Waals surface area contributed by atoms with Crippen LogP contribution < -0.4 is 10.5 Å². The van der Waals surface area contributed by atoms with Crippen LogP contribution in [0.4, 0.5) is 0 Å². The van der Waals surface area contributed by atoms with Gasteiger partial charge in [0.2, 0.25) is 0 Å². The molecule has 4 heteroatoms. The number of nitrogens with two attached hydrogens (primary N) is 1. The highest BCUT2D eigenvalue weighted by Crippen LogP contribution is 2.23. The van der Waals surface area contributed by atoms with Crippen molar-refractivity contribution >= 4 is 11.6 Å². The molecule has 3 nitrogen and oxygen atoms in total. The molecule has 0 aliphatic heterocycles. The predicted molar refractivity (Wildman–Crippen MR) is 72.6 cm³/mol. The fraction of sp³-hybridized carbons (Fsp3) is 0.538. The van der Waals surface area contributed by atoms with Crippen LogP contribution in [0.1, 0.15) is 18.9 Å². The average Bonchev–Trinajstić information content (AvgIpc) is 2.31. The van der Waals surface area contributed by atoms with Crippen molar-refractivity contribution in [2.45, 2.75) is 25.9 Å². The standard InChI is InChI=1S/C13H21ClN2O/c1-10(6-7-15)16(2)9-11-4-5-12(17-3)8-13(11)14/h4-5,8,10H,6-7,9,15H2,1-3H3. The predicted octanol–water partition coefficient (Wildman–Crippen LogP) is 2.52. The van der Waals surface area contributed by atoms with Crippen LogP contribution in [-0.2, 0) is 6.54 Å². The Morgan fingerprint density at radius 1 is 1.47 bits per heavy atom. The fourth-order valence-corrected chi connectivity index (χ4v) is 1.90. The second-order valence-electron chi connectivity index (χ2n) is 4.30. The Kier molecular flexibility index (Phi) is 5.75. The lowest BCUT2D eigenvalue weighted by Crippen LogP contribution is -2.30. The maximum atomic E-state index is 6.20. The molecule has 0 radical (unpaired) electrons. The van der Waals surface area contributed by atoms with E-state index in [2.05, 4.69) is 18.9 Å². The lowest BCUT2D eigenvalue weighted by molar-refractivity contribution is 0.240. The zero-order valence-electron chi connectivity index (χ0n) is 10.7. The Morgan fingerprint density at radius 2 is 2.18 bits per heavy atom. The summed E-state index contributed by atoms with van der Waals surface area (Å²) in [6, 6.07) is 6.24. The van der Waals surface area contributed by atoms with Gasteiger partial charge >= 0.3 is 0 Å². The van der Waals surface area contributed by atoms with Crippen molar-refractivity contribution in [3.05, 3.63) is 28.8 Å². The van der Waals surface area contributed by atoms with E-state index >= 15 is 0 Å². The zero-order chi connectivity index (χ0) is 12.8. The summed E-state index contributed by atoms with van der Waals surface area (Å²) < 4.78 is 5.13. The molecular formula is C13H21ClN2O. The summed E-state index contributed by atoms with van der Waals surface area (Å²) in [5.74, 6) is 0.788. The normalized spacial score (nSPS) is 12.8. The number of rotatable bonds is 6. The van der Waals surface area contributed by atoms with Gasteiger partial charge in [-0.1, -0.05) is 17.7 Å². The lowest BCUT2D eigenvalue weighted by atomic mass is 10.1. The highest BCUT2D eigenvalue weighted by molar-refractivity contribution is 6.31. The highest BCUT2D eigenvalue weighted by atomic mass is 35.5. The zero-order valence-corrected chi connectivity index (χ0v) is 11.5. The van der Waals surface area contributed by atoms with Crippen LogP contribution in [0.3, 0.4) is 0 Å². The van der Waals surface area contributed by atoms with Gasteiger partial charge in [0.05, 0.1) is 7.11 Å². The maximum absolute atomic E-state index is 6.20. The van der Waals surface area contributed by atoms with Gasteiger partial charge in [-0.25, -0.2) is 0 Å². The first-order valence-corrected chi connectivity index (χ1v) is 6.19. The van der Waals surface area contributed by atoms with Gasteiger partial charge in [0.15, 0.2) is 0 Å². The van der Waals surface area contributed by atoms with Crippen LogP contribution in [0.25, 0.3) is 0 Å². The number of nitrogens with zero attached hydrogens (tertiary/aromatic N) is 1. The molecule has 0 amide bonds. The monoisotopic (exact) mass is 256 g/mol.